The lowest BCUT2D eigenvalue weighted by molar-refractivity contribution is 0.102. The van der Waals surface area contributed by atoms with E-state index in [1.54, 1.807) is 19.4 Å². The first kappa shape index (κ1) is 13.1. The summed E-state index contributed by atoms with van der Waals surface area (Å²) in [5, 5.41) is 3.78. The molecule has 0 fully saturated rings. The summed E-state index contributed by atoms with van der Waals surface area (Å²) in [4.78, 5) is 16.6. The van der Waals surface area contributed by atoms with E-state index in [0.29, 0.717) is 17.0 Å². The molecule has 0 unspecified atom stereocenters. The van der Waals surface area contributed by atoms with Crippen LogP contribution in [0.5, 0.6) is 5.75 Å². The third-order valence-electron chi connectivity index (χ3n) is 3.18. The maximum Gasteiger partial charge on any atom is 0.257 e. The second kappa shape index (κ2) is 5.63. The zero-order valence-electron chi connectivity index (χ0n) is 11.5. The molecular weight excluding hydrogens is 264 g/mol. The number of aromatic nitrogens is 1. The summed E-state index contributed by atoms with van der Waals surface area (Å²) in [6, 6.07) is 16.8. The molecule has 0 aliphatic heterocycles. The van der Waals surface area contributed by atoms with Crippen LogP contribution in [0.3, 0.4) is 0 Å². The Morgan fingerprint density at radius 3 is 2.81 bits per heavy atom. The lowest BCUT2D eigenvalue weighted by Crippen LogP contribution is -2.12. The van der Waals surface area contributed by atoms with Gasteiger partial charge >= 0.3 is 0 Å². The van der Waals surface area contributed by atoms with Crippen LogP contribution in [0.2, 0.25) is 0 Å². The summed E-state index contributed by atoms with van der Waals surface area (Å²) >= 11 is 0. The first-order chi connectivity index (χ1) is 10.3. The van der Waals surface area contributed by atoms with Crippen molar-refractivity contribution < 1.29 is 9.53 Å². The number of methoxy groups -OCH3 is 1. The molecule has 0 bridgehead atoms. The highest BCUT2D eigenvalue weighted by Gasteiger charge is 2.08. The van der Waals surface area contributed by atoms with Crippen molar-refractivity contribution in [2.24, 2.45) is 0 Å². The molecule has 1 aromatic heterocycles. The Morgan fingerprint density at radius 1 is 1.10 bits per heavy atom. The number of ether oxygens (including phenoxy) is 1. The number of rotatable bonds is 3. The van der Waals surface area contributed by atoms with Gasteiger partial charge in [-0.1, -0.05) is 24.3 Å². The van der Waals surface area contributed by atoms with E-state index in [0.717, 1.165) is 10.9 Å². The summed E-state index contributed by atoms with van der Waals surface area (Å²) < 4.78 is 5.14. The molecule has 3 aromatic rings. The number of amides is 1. The minimum absolute atomic E-state index is 0.193. The van der Waals surface area contributed by atoms with Crippen LogP contribution in [0, 0.1) is 0 Å². The fourth-order valence-electron chi connectivity index (χ4n) is 2.10. The van der Waals surface area contributed by atoms with Gasteiger partial charge in [-0.2, -0.15) is 0 Å². The fraction of sp³-hybridized carbons (Fsp3) is 0.0588. The van der Waals surface area contributed by atoms with Crippen LogP contribution in [0.1, 0.15) is 10.4 Å². The smallest absolute Gasteiger partial charge is 0.257 e. The van der Waals surface area contributed by atoms with Crippen LogP contribution in [0.25, 0.3) is 10.9 Å². The van der Waals surface area contributed by atoms with Crippen LogP contribution in [-0.4, -0.2) is 18.0 Å². The maximum absolute atomic E-state index is 12.3. The Bertz CT molecular complexity index is 799. The van der Waals surface area contributed by atoms with Crippen molar-refractivity contribution in [3.63, 3.8) is 0 Å². The number of carbonyl (C=O) groups is 1. The number of fused-ring (bicyclic) bond motifs is 1. The molecule has 104 valence electrons. The van der Waals surface area contributed by atoms with Crippen molar-refractivity contribution in [3.8, 4) is 5.75 Å². The van der Waals surface area contributed by atoms with Gasteiger partial charge in [-0.3, -0.25) is 9.78 Å². The second-order valence-corrected chi connectivity index (χ2v) is 4.60. The number of pyridine rings is 1. The van der Waals surface area contributed by atoms with E-state index >= 15 is 0 Å². The first-order valence-corrected chi connectivity index (χ1v) is 6.56. The number of anilines is 1. The molecule has 4 heteroatoms. The fourth-order valence-corrected chi connectivity index (χ4v) is 2.10. The highest BCUT2D eigenvalue weighted by Crippen LogP contribution is 2.18. The molecule has 0 atom stereocenters. The van der Waals surface area contributed by atoms with E-state index in [-0.39, 0.29) is 5.91 Å². The molecule has 0 radical (unpaired) electrons. The zero-order chi connectivity index (χ0) is 14.7. The molecule has 0 aliphatic carbocycles. The third kappa shape index (κ3) is 2.84. The molecule has 2 aromatic carbocycles. The third-order valence-corrected chi connectivity index (χ3v) is 3.18. The van der Waals surface area contributed by atoms with Gasteiger partial charge < -0.3 is 10.1 Å². The molecule has 1 heterocycles. The molecular formula is C17H14N2O2. The highest BCUT2D eigenvalue weighted by molar-refractivity contribution is 6.05. The van der Waals surface area contributed by atoms with E-state index in [1.807, 2.05) is 48.5 Å². The maximum atomic E-state index is 12.3. The van der Waals surface area contributed by atoms with Crippen molar-refractivity contribution in [1.29, 1.82) is 0 Å². The van der Waals surface area contributed by atoms with Gasteiger partial charge in [0.15, 0.2) is 0 Å². The monoisotopic (exact) mass is 278 g/mol. The van der Waals surface area contributed by atoms with Gasteiger partial charge in [0.05, 0.1) is 18.2 Å². The molecule has 0 spiro atoms. The van der Waals surface area contributed by atoms with E-state index in [4.69, 9.17) is 4.74 Å². The van der Waals surface area contributed by atoms with Gasteiger partial charge in [0.25, 0.3) is 5.91 Å². The summed E-state index contributed by atoms with van der Waals surface area (Å²) in [7, 11) is 1.59. The predicted molar refractivity (Wildman–Crippen MR) is 82.7 cm³/mol. The standard InChI is InChI=1S/C17H14N2O2/c1-21-15-7-4-6-14(10-15)19-17(20)13-9-12-5-2-3-8-16(12)18-11-13/h2-11H,1H3,(H,19,20). The van der Waals surface area contributed by atoms with Crippen LogP contribution < -0.4 is 10.1 Å². The number of para-hydroxylation sites is 1. The van der Waals surface area contributed by atoms with Crippen LogP contribution in [0.15, 0.2) is 60.8 Å². The minimum atomic E-state index is -0.193. The molecule has 4 nitrogen and oxygen atoms in total. The van der Waals surface area contributed by atoms with E-state index in [1.165, 1.54) is 0 Å². The zero-order valence-corrected chi connectivity index (χ0v) is 11.5. The van der Waals surface area contributed by atoms with Crippen molar-refractivity contribution in [2.75, 3.05) is 12.4 Å². The normalized spacial score (nSPS) is 10.3. The van der Waals surface area contributed by atoms with E-state index in [2.05, 4.69) is 10.3 Å². The Morgan fingerprint density at radius 2 is 1.95 bits per heavy atom. The van der Waals surface area contributed by atoms with Gasteiger partial charge in [0.2, 0.25) is 0 Å². The molecule has 0 saturated heterocycles. The van der Waals surface area contributed by atoms with Crippen molar-refractivity contribution in [2.45, 2.75) is 0 Å². The first-order valence-electron chi connectivity index (χ1n) is 6.56. The SMILES string of the molecule is COc1cccc(NC(=O)c2cnc3ccccc3c2)c1. The largest absolute Gasteiger partial charge is 0.497 e. The van der Waals surface area contributed by atoms with E-state index in [9.17, 15) is 4.79 Å². The van der Waals surface area contributed by atoms with Crippen LogP contribution in [-0.2, 0) is 0 Å². The quantitative estimate of drug-likeness (QED) is 0.797. The van der Waals surface area contributed by atoms with Gasteiger partial charge in [-0.15, -0.1) is 0 Å². The Balaban J connectivity index is 1.86. The average Bonchev–Trinajstić information content (AvgIpc) is 2.54. The predicted octanol–water partition coefficient (Wildman–Crippen LogP) is 3.50. The summed E-state index contributed by atoms with van der Waals surface area (Å²) in [5.74, 6) is 0.506. The molecule has 0 saturated carbocycles. The van der Waals surface area contributed by atoms with Crippen molar-refractivity contribution in [1.82, 2.24) is 4.98 Å². The summed E-state index contributed by atoms with van der Waals surface area (Å²) in [5.41, 5.74) is 2.08. The highest BCUT2D eigenvalue weighted by atomic mass is 16.5. The van der Waals surface area contributed by atoms with Crippen molar-refractivity contribution >= 4 is 22.5 Å². The van der Waals surface area contributed by atoms with Gasteiger partial charge in [-0.05, 0) is 24.3 Å². The van der Waals surface area contributed by atoms with E-state index < -0.39 is 0 Å². The Labute approximate surface area is 122 Å². The van der Waals surface area contributed by atoms with Gasteiger partial charge in [0.1, 0.15) is 5.75 Å². The van der Waals surface area contributed by atoms with Gasteiger partial charge in [0, 0.05) is 23.3 Å². The Hall–Kier alpha value is -2.88. The number of benzene rings is 2. The summed E-state index contributed by atoms with van der Waals surface area (Å²) in [6.07, 6.45) is 1.58. The molecule has 3 rings (SSSR count). The molecule has 21 heavy (non-hydrogen) atoms. The molecule has 0 aliphatic rings. The number of nitrogens with one attached hydrogen (secondary N) is 1. The number of hydrogen-bond acceptors (Lipinski definition) is 3. The van der Waals surface area contributed by atoms with Crippen LogP contribution in [0.4, 0.5) is 5.69 Å². The lowest BCUT2D eigenvalue weighted by Gasteiger charge is -2.07. The van der Waals surface area contributed by atoms with Gasteiger partial charge in [-0.25, -0.2) is 0 Å². The average molecular weight is 278 g/mol. The van der Waals surface area contributed by atoms with Crippen LogP contribution >= 0.6 is 0 Å². The molecule has 1 N–H and O–H groups in total. The van der Waals surface area contributed by atoms with Crippen molar-refractivity contribution in [3.05, 3.63) is 66.4 Å². The number of carbonyl (C=O) groups excluding carboxylic acids is 1. The topological polar surface area (TPSA) is 51.2 Å². The lowest BCUT2D eigenvalue weighted by atomic mass is 10.1. The minimum Gasteiger partial charge on any atom is -0.497 e. The summed E-state index contributed by atoms with van der Waals surface area (Å²) in [6.45, 7) is 0. The number of hydrogen-bond donors (Lipinski definition) is 1. The number of nitrogens with zero attached hydrogens (tertiary/aromatic N) is 1. The Kier molecular flexibility index (Phi) is 3.51. The second-order valence-electron chi connectivity index (χ2n) is 4.60. The molecule has 1 amide bonds.